The second-order valence-corrected chi connectivity index (χ2v) is 3.48. The van der Waals surface area contributed by atoms with Crippen molar-refractivity contribution in [2.75, 3.05) is 7.05 Å². The SMILES string of the molecule is CNCc1cnn(C)c1C1CC1.Cl.Cl. The Morgan fingerprint density at radius 3 is 2.64 bits per heavy atom. The van der Waals surface area contributed by atoms with Crippen LogP contribution >= 0.6 is 24.8 Å². The van der Waals surface area contributed by atoms with Crippen LogP contribution in [-0.4, -0.2) is 16.8 Å². The lowest BCUT2D eigenvalue weighted by molar-refractivity contribution is 0.704. The minimum absolute atomic E-state index is 0. The fourth-order valence-electron chi connectivity index (χ4n) is 1.70. The van der Waals surface area contributed by atoms with Gasteiger partial charge in [-0.2, -0.15) is 5.10 Å². The molecule has 3 nitrogen and oxygen atoms in total. The predicted octanol–water partition coefficient (Wildman–Crippen LogP) is 1.86. The third kappa shape index (κ3) is 2.62. The van der Waals surface area contributed by atoms with E-state index in [1.807, 2.05) is 25.0 Å². The van der Waals surface area contributed by atoms with Crippen molar-refractivity contribution in [1.29, 1.82) is 0 Å². The number of hydrogen-bond donors (Lipinski definition) is 1. The van der Waals surface area contributed by atoms with E-state index in [9.17, 15) is 0 Å². The molecule has 1 saturated carbocycles. The van der Waals surface area contributed by atoms with Gasteiger partial charge < -0.3 is 5.32 Å². The average Bonchev–Trinajstić information content (AvgIpc) is 2.80. The minimum Gasteiger partial charge on any atom is -0.316 e. The number of nitrogens with one attached hydrogen (secondary N) is 1. The normalized spacial score (nSPS) is 14.4. The van der Waals surface area contributed by atoms with Gasteiger partial charge in [0.2, 0.25) is 0 Å². The predicted molar refractivity (Wildman–Crippen MR) is 62.4 cm³/mol. The van der Waals surface area contributed by atoms with Gasteiger partial charge >= 0.3 is 0 Å². The first kappa shape index (κ1) is 13.8. The van der Waals surface area contributed by atoms with Crippen LogP contribution in [0.15, 0.2) is 6.20 Å². The largest absolute Gasteiger partial charge is 0.316 e. The molecular formula is C9H17Cl2N3. The number of aromatic nitrogens is 2. The van der Waals surface area contributed by atoms with Crippen LogP contribution in [0.5, 0.6) is 0 Å². The number of hydrogen-bond acceptors (Lipinski definition) is 2. The molecule has 1 aromatic rings. The standard InChI is InChI=1S/C9H15N3.2ClH/c1-10-5-8-6-11-12(2)9(8)7-3-4-7;;/h6-7,10H,3-5H2,1-2H3;2*1H. The molecule has 1 N–H and O–H groups in total. The monoisotopic (exact) mass is 237 g/mol. The Bertz CT molecular complexity index is 282. The maximum Gasteiger partial charge on any atom is 0.0537 e. The molecule has 0 amide bonds. The van der Waals surface area contributed by atoms with Crippen LogP contribution in [0, 0.1) is 0 Å². The van der Waals surface area contributed by atoms with Gasteiger partial charge in [-0.3, -0.25) is 4.68 Å². The molecule has 0 spiro atoms. The zero-order chi connectivity index (χ0) is 8.55. The molecule has 0 atom stereocenters. The Kier molecular flexibility index (Phi) is 5.49. The molecule has 1 aromatic heterocycles. The quantitative estimate of drug-likeness (QED) is 0.871. The molecule has 1 aliphatic rings. The van der Waals surface area contributed by atoms with Crippen molar-refractivity contribution in [3.63, 3.8) is 0 Å². The highest BCUT2D eigenvalue weighted by atomic mass is 35.5. The molecule has 14 heavy (non-hydrogen) atoms. The molecule has 1 fully saturated rings. The first-order valence-electron chi connectivity index (χ1n) is 4.48. The molecule has 0 saturated heterocycles. The number of nitrogens with zero attached hydrogens (tertiary/aromatic N) is 2. The highest BCUT2D eigenvalue weighted by Gasteiger charge is 2.28. The molecule has 0 unspecified atom stereocenters. The van der Waals surface area contributed by atoms with Crippen molar-refractivity contribution < 1.29 is 0 Å². The zero-order valence-electron chi connectivity index (χ0n) is 8.49. The maximum absolute atomic E-state index is 4.27. The summed E-state index contributed by atoms with van der Waals surface area (Å²) in [5, 5.41) is 7.44. The molecule has 5 heteroatoms. The highest BCUT2D eigenvalue weighted by molar-refractivity contribution is 5.85. The third-order valence-corrected chi connectivity index (χ3v) is 2.40. The molecule has 0 bridgehead atoms. The van der Waals surface area contributed by atoms with E-state index in [4.69, 9.17) is 0 Å². The first-order valence-corrected chi connectivity index (χ1v) is 4.48. The topological polar surface area (TPSA) is 29.9 Å². The van der Waals surface area contributed by atoms with Crippen LogP contribution in [0.1, 0.15) is 30.0 Å². The van der Waals surface area contributed by atoms with E-state index in [2.05, 4.69) is 10.4 Å². The van der Waals surface area contributed by atoms with Gasteiger partial charge in [0.15, 0.2) is 0 Å². The van der Waals surface area contributed by atoms with E-state index in [-0.39, 0.29) is 24.8 Å². The number of aryl methyl sites for hydroxylation is 1. The van der Waals surface area contributed by atoms with E-state index >= 15 is 0 Å². The van der Waals surface area contributed by atoms with Gasteiger partial charge in [-0.25, -0.2) is 0 Å². The first-order chi connectivity index (χ1) is 5.83. The summed E-state index contributed by atoms with van der Waals surface area (Å²) in [6, 6.07) is 0. The summed E-state index contributed by atoms with van der Waals surface area (Å²) in [5.41, 5.74) is 2.80. The molecule has 82 valence electrons. The third-order valence-electron chi connectivity index (χ3n) is 2.40. The van der Waals surface area contributed by atoms with Crippen molar-refractivity contribution in [3.8, 4) is 0 Å². The molecule has 1 heterocycles. The van der Waals surface area contributed by atoms with Crippen LogP contribution in [0.2, 0.25) is 0 Å². The van der Waals surface area contributed by atoms with Crippen LogP contribution in [0.3, 0.4) is 0 Å². The fraction of sp³-hybridized carbons (Fsp3) is 0.667. The lowest BCUT2D eigenvalue weighted by atomic mass is 10.2. The van der Waals surface area contributed by atoms with E-state index in [0.717, 1.165) is 12.5 Å². The van der Waals surface area contributed by atoms with Crippen molar-refractivity contribution in [3.05, 3.63) is 17.5 Å². The molecule has 0 radical (unpaired) electrons. The minimum atomic E-state index is 0. The summed E-state index contributed by atoms with van der Waals surface area (Å²) < 4.78 is 2.02. The van der Waals surface area contributed by atoms with Crippen molar-refractivity contribution in [1.82, 2.24) is 15.1 Å². The second kappa shape index (κ2) is 5.59. The lowest BCUT2D eigenvalue weighted by Gasteiger charge is -2.02. The Balaban J connectivity index is 0.000000845. The Labute approximate surface area is 97.1 Å². The molecule has 0 aromatic carbocycles. The van der Waals surface area contributed by atoms with Gasteiger partial charge in [-0.1, -0.05) is 0 Å². The van der Waals surface area contributed by atoms with Crippen molar-refractivity contribution >= 4 is 24.8 Å². The van der Waals surface area contributed by atoms with Gasteiger partial charge in [0.1, 0.15) is 0 Å². The van der Waals surface area contributed by atoms with Gasteiger partial charge in [0.05, 0.1) is 6.20 Å². The maximum atomic E-state index is 4.27. The molecular weight excluding hydrogens is 221 g/mol. The van der Waals surface area contributed by atoms with Crippen molar-refractivity contribution in [2.45, 2.75) is 25.3 Å². The van der Waals surface area contributed by atoms with E-state index < -0.39 is 0 Å². The zero-order valence-corrected chi connectivity index (χ0v) is 10.1. The van der Waals surface area contributed by atoms with Crippen LogP contribution in [0.4, 0.5) is 0 Å². The van der Waals surface area contributed by atoms with Crippen LogP contribution in [-0.2, 0) is 13.6 Å². The van der Waals surface area contributed by atoms with Crippen LogP contribution in [0.25, 0.3) is 0 Å². The number of rotatable bonds is 3. The van der Waals surface area contributed by atoms with Gasteiger partial charge in [0, 0.05) is 30.8 Å². The van der Waals surface area contributed by atoms with Gasteiger partial charge in [-0.15, -0.1) is 24.8 Å². The van der Waals surface area contributed by atoms with E-state index in [1.54, 1.807) is 0 Å². The molecule has 0 aliphatic heterocycles. The number of halogens is 2. The van der Waals surface area contributed by atoms with Gasteiger partial charge in [0.25, 0.3) is 0 Å². The van der Waals surface area contributed by atoms with Crippen LogP contribution < -0.4 is 5.32 Å². The summed E-state index contributed by atoms with van der Waals surface area (Å²) in [4.78, 5) is 0. The van der Waals surface area contributed by atoms with E-state index in [1.165, 1.54) is 24.1 Å². The molecule has 2 rings (SSSR count). The summed E-state index contributed by atoms with van der Waals surface area (Å²) in [6.07, 6.45) is 4.66. The lowest BCUT2D eigenvalue weighted by Crippen LogP contribution is -2.07. The molecule has 1 aliphatic carbocycles. The Morgan fingerprint density at radius 2 is 2.14 bits per heavy atom. The Hall–Kier alpha value is -0.250. The van der Waals surface area contributed by atoms with Crippen molar-refractivity contribution in [2.24, 2.45) is 7.05 Å². The summed E-state index contributed by atoms with van der Waals surface area (Å²) in [7, 11) is 4.01. The summed E-state index contributed by atoms with van der Waals surface area (Å²) >= 11 is 0. The van der Waals surface area contributed by atoms with E-state index in [0.29, 0.717) is 0 Å². The summed E-state index contributed by atoms with van der Waals surface area (Å²) in [5.74, 6) is 0.792. The fourth-order valence-corrected chi connectivity index (χ4v) is 1.70. The summed E-state index contributed by atoms with van der Waals surface area (Å²) in [6.45, 7) is 0.944. The smallest absolute Gasteiger partial charge is 0.0537 e. The Morgan fingerprint density at radius 1 is 1.50 bits per heavy atom. The second-order valence-electron chi connectivity index (χ2n) is 3.48. The average molecular weight is 238 g/mol. The highest BCUT2D eigenvalue weighted by Crippen LogP contribution is 2.41. The van der Waals surface area contributed by atoms with Gasteiger partial charge in [-0.05, 0) is 19.9 Å².